The third-order valence-corrected chi connectivity index (χ3v) is 8.99. The standard InChI is InChI=1S/C34H51FN4O4/c1-2-18-40-20-22-42-24-25-43-23-21-41-19-13-29-8-3-4-15-37(29)31-11-14-36-34(27-31)39-17-12-33-32(39)10-6-16-38(33)30-9-5-7-28(35)26-30/h5,7,9,11,14,26-27,29,32-33H,2-4,6,8,10,12-13,15-25H2,1H3. The monoisotopic (exact) mass is 598 g/mol. The summed E-state index contributed by atoms with van der Waals surface area (Å²) in [6.07, 6.45) is 11.0. The number of benzene rings is 1. The predicted octanol–water partition coefficient (Wildman–Crippen LogP) is 5.69. The van der Waals surface area contributed by atoms with Crippen molar-refractivity contribution in [2.75, 3.05) is 87.2 Å². The summed E-state index contributed by atoms with van der Waals surface area (Å²) in [7, 11) is 0. The van der Waals surface area contributed by atoms with Crippen LogP contribution < -0.4 is 14.7 Å². The van der Waals surface area contributed by atoms with Gasteiger partial charge < -0.3 is 33.6 Å². The van der Waals surface area contributed by atoms with Crippen molar-refractivity contribution in [1.29, 1.82) is 0 Å². The molecule has 0 radical (unpaired) electrons. The van der Waals surface area contributed by atoms with E-state index in [1.54, 1.807) is 6.07 Å². The number of rotatable bonds is 17. The number of aromatic nitrogens is 1. The summed E-state index contributed by atoms with van der Waals surface area (Å²) < 4.78 is 36.5. The van der Waals surface area contributed by atoms with Crippen molar-refractivity contribution < 1.29 is 23.3 Å². The molecule has 43 heavy (non-hydrogen) atoms. The van der Waals surface area contributed by atoms with Gasteiger partial charge in [0.05, 0.1) is 51.7 Å². The molecule has 3 saturated heterocycles. The van der Waals surface area contributed by atoms with Crippen LogP contribution in [0, 0.1) is 5.82 Å². The van der Waals surface area contributed by atoms with Gasteiger partial charge in [-0.1, -0.05) is 13.0 Å². The van der Waals surface area contributed by atoms with Crippen molar-refractivity contribution in [3.05, 3.63) is 48.4 Å². The first kappa shape index (κ1) is 31.9. The maximum Gasteiger partial charge on any atom is 0.130 e. The Morgan fingerprint density at radius 3 is 2.16 bits per heavy atom. The van der Waals surface area contributed by atoms with E-state index in [4.69, 9.17) is 23.9 Å². The van der Waals surface area contributed by atoms with Crippen molar-refractivity contribution in [3.63, 3.8) is 0 Å². The van der Waals surface area contributed by atoms with Gasteiger partial charge in [0.2, 0.25) is 0 Å². The maximum atomic E-state index is 14.0. The van der Waals surface area contributed by atoms with Gasteiger partial charge in [-0.3, -0.25) is 0 Å². The predicted molar refractivity (Wildman–Crippen MR) is 170 cm³/mol. The van der Waals surface area contributed by atoms with Crippen LogP contribution in [0.3, 0.4) is 0 Å². The van der Waals surface area contributed by atoms with Gasteiger partial charge in [-0.05, 0) is 75.6 Å². The lowest BCUT2D eigenvalue weighted by molar-refractivity contribution is -0.00247. The molecule has 1 aromatic carbocycles. The Labute approximate surface area is 257 Å². The molecule has 5 rings (SSSR count). The summed E-state index contributed by atoms with van der Waals surface area (Å²) >= 11 is 0. The average molecular weight is 599 g/mol. The summed E-state index contributed by atoms with van der Waals surface area (Å²) in [6, 6.07) is 12.8. The van der Waals surface area contributed by atoms with E-state index in [1.165, 1.54) is 31.0 Å². The molecule has 0 N–H and O–H groups in total. The van der Waals surface area contributed by atoms with Crippen LogP contribution in [-0.2, 0) is 18.9 Å². The maximum absolute atomic E-state index is 14.0. The van der Waals surface area contributed by atoms with Gasteiger partial charge in [-0.2, -0.15) is 0 Å². The molecule has 3 fully saturated rings. The van der Waals surface area contributed by atoms with Crippen molar-refractivity contribution in [3.8, 4) is 0 Å². The topological polar surface area (TPSA) is 59.5 Å². The molecule has 8 nitrogen and oxygen atoms in total. The number of piperidine rings is 2. The smallest absolute Gasteiger partial charge is 0.130 e. The van der Waals surface area contributed by atoms with E-state index in [2.05, 4.69) is 33.8 Å². The van der Waals surface area contributed by atoms with Gasteiger partial charge >= 0.3 is 0 Å². The Hall–Kier alpha value is -2.46. The lowest BCUT2D eigenvalue weighted by atomic mass is 9.96. The molecule has 0 spiro atoms. The number of nitrogens with zero attached hydrogens (tertiary/aromatic N) is 4. The fourth-order valence-electron chi connectivity index (χ4n) is 6.95. The molecule has 0 bridgehead atoms. The van der Waals surface area contributed by atoms with Crippen LogP contribution >= 0.6 is 0 Å². The Balaban J connectivity index is 1.07. The summed E-state index contributed by atoms with van der Waals surface area (Å²) in [6.45, 7) is 10.3. The minimum absolute atomic E-state index is 0.163. The number of hydrogen-bond acceptors (Lipinski definition) is 8. The third kappa shape index (κ3) is 9.03. The highest BCUT2D eigenvalue weighted by molar-refractivity contribution is 5.58. The molecule has 3 unspecified atom stereocenters. The van der Waals surface area contributed by atoms with Crippen molar-refractivity contribution in [2.45, 2.75) is 76.4 Å². The summed E-state index contributed by atoms with van der Waals surface area (Å²) in [5.41, 5.74) is 2.26. The fourth-order valence-corrected chi connectivity index (χ4v) is 6.95. The highest BCUT2D eigenvalue weighted by Crippen LogP contribution is 2.37. The second-order valence-electron chi connectivity index (χ2n) is 11.9. The fraction of sp³-hybridized carbons (Fsp3) is 0.676. The van der Waals surface area contributed by atoms with Gasteiger partial charge in [0, 0.05) is 62.5 Å². The number of anilines is 3. The molecular formula is C34H51FN4O4. The molecule has 3 aliphatic rings. The zero-order chi connectivity index (χ0) is 29.7. The normalized spacial score (nSPS) is 22.3. The minimum Gasteiger partial charge on any atom is -0.379 e. The van der Waals surface area contributed by atoms with E-state index in [9.17, 15) is 4.39 Å². The van der Waals surface area contributed by atoms with Crippen molar-refractivity contribution in [2.24, 2.45) is 0 Å². The molecule has 0 amide bonds. The summed E-state index contributed by atoms with van der Waals surface area (Å²) in [5.74, 6) is 0.907. The van der Waals surface area contributed by atoms with Crippen LogP contribution in [-0.4, -0.2) is 95.6 Å². The van der Waals surface area contributed by atoms with Gasteiger partial charge in [-0.25, -0.2) is 9.37 Å². The van der Waals surface area contributed by atoms with E-state index in [-0.39, 0.29) is 5.82 Å². The summed E-state index contributed by atoms with van der Waals surface area (Å²) in [5, 5.41) is 0. The molecule has 9 heteroatoms. The molecule has 0 saturated carbocycles. The number of hydrogen-bond donors (Lipinski definition) is 0. The number of fused-ring (bicyclic) bond motifs is 1. The molecule has 238 valence electrons. The van der Waals surface area contributed by atoms with Gasteiger partial charge in [-0.15, -0.1) is 0 Å². The van der Waals surface area contributed by atoms with Crippen molar-refractivity contribution >= 4 is 17.2 Å². The lowest BCUT2D eigenvalue weighted by Gasteiger charge is -2.42. The number of pyridine rings is 1. The van der Waals surface area contributed by atoms with Gasteiger partial charge in [0.25, 0.3) is 0 Å². The minimum atomic E-state index is -0.163. The van der Waals surface area contributed by atoms with Crippen LogP contribution in [0.5, 0.6) is 0 Å². The quantitative estimate of drug-likeness (QED) is 0.215. The highest BCUT2D eigenvalue weighted by atomic mass is 19.1. The molecule has 0 aliphatic carbocycles. The van der Waals surface area contributed by atoms with Crippen LogP contribution in [0.4, 0.5) is 21.6 Å². The first-order valence-corrected chi connectivity index (χ1v) is 16.6. The van der Waals surface area contributed by atoms with Crippen LogP contribution in [0.25, 0.3) is 0 Å². The van der Waals surface area contributed by atoms with E-state index >= 15 is 0 Å². The van der Waals surface area contributed by atoms with E-state index < -0.39 is 0 Å². The largest absolute Gasteiger partial charge is 0.379 e. The molecule has 3 atom stereocenters. The number of ether oxygens (including phenoxy) is 4. The third-order valence-electron chi connectivity index (χ3n) is 8.99. The molecule has 2 aromatic rings. The first-order chi connectivity index (χ1) is 21.2. The zero-order valence-corrected chi connectivity index (χ0v) is 26.0. The van der Waals surface area contributed by atoms with E-state index in [0.29, 0.717) is 57.8 Å². The SMILES string of the molecule is CCCOCCOCCOCCOCCC1CCCCN1c1ccnc(N2CCC3C2CCCN3c2cccc(F)c2)c1. The second-order valence-corrected chi connectivity index (χ2v) is 11.9. The van der Waals surface area contributed by atoms with Crippen molar-refractivity contribution in [1.82, 2.24) is 4.98 Å². The van der Waals surface area contributed by atoms with Crippen LogP contribution in [0.1, 0.15) is 58.3 Å². The van der Waals surface area contributed by atoms with E-state index in [1.807, 2.05) is 18.3 Å². The van der Waals surface area contributed by atoms with Gasteiger partial charge in [0.1, 0.15) is 11.6 Å². The zero-order valence-electron chi connectivity index (χ0n) is 26.0. The molecule has 3 aliphatic heterocycles. The lowest BCUT2D eigenvalue weighted by Crippen LogP contribution is -2.50. The van der Waals surface area contributed by atoms with Crippen LogP contribution in [0.15, 0.2) is 42.6 Å². The first-order valence-electron chi connectivity index (χ1n) is 16.6. The molecular weight excluding hydrogens is 547 g/mol. The Morgan fingerprint density at radius 1 is 0.698 bits per heavy atom. The highest BCUT2D eigenvalue weighted by Gasteiger charge is 2.41. The molecule has 1 aromatic heterocycles. The average Bonchev–Trinajstić information content (AvgIpc) is 3.48. The summed E-state index contributed by atoms with van der Waals surface area (Å²) in [4.78, 5) is 12.4. The van der Waals surface area contributed by atoms with Crippen LogP contribution in [0.2, 0.25) is 0 Å². The van der Waals surface area contributed by atoms with E-state index in [0.717, 1.165) is 76.5 Å². The second kappa shape index (κ2) is 17.1. The Kier molecular flexibility index (Phi) is 12.7. The van der Waals surface area contributed by atoms with Gasteiger partial charge in [0.15, 0.2) is 0 Å². The molecule has 4 heterocycles. The number of halogens is 1. The Bertz CT molecular complexity index is 1090. The Morgan fingerprint density at radius 2 is 1.40 bits per heavy atom.